The van der Waals surface area contributed by atoms with Crippen molar-refractivity contribution in [2.45, 2.75) is 6.54 Å². The highest BCUT2D eigenvalue weighted by atomic mass is 19.1. The van der Waals surface area contributed by atoms with Crippen LogP contribution in [0.3, 0.4) is 0 Å². The highest BCUT2D eigenvalue weighted by Crippen LogP contribution is 2.21. The molecule has 8 heteroatoms. The summed E-state index contributed by atoms with van der Waals surface area (Å²) in [6.45, 7) is 0.367. The van der Waals surface area contributed by atoms with Gasteiger partial charge in [-0.15, -0.1) is 10.2 Å². The molecule has 4 rings (SSSR count). The molecule has 7 nitrogen and oxygen atoms in total. The van der Waals surface area contributed by atoms with Gasteiger partial charge in [0.25, 0.3) is 11.8 Å². The molecule has 0 spiro atoms. The number of rotatable bonds is 5. The summed E-state index contributed by atoms with van der Waals surface area (Å²) in [6.07, 6.45) is 1.74. The van der Waals surface area contributed by atoms with Crippen molar-refractivity contribution in [3.05, 3.63) is 66.1 Å². The molecule has 2 aromatic carbocycles. The first-order chi connectivity index (χ1) is 12.7. The van der Waals surface area contributed by atoms with Crippen LogP contribution in [0.4, 0.5) is 10.2 Å². The minimum Gasteiger partial charge on any atom is -0.477 e. The van der Waals surface area contributed by atoms with Gasteiger partial charge in [0, 0.05) is 11.9 Å². The van der Waals surface area contributed by atoms with Crippen LogP contribution < -0.4 is 10.1 Å². The first-order valence-corrected chi connectivity index (χ1v) is 7.95. The molecular weight excluding hydrogens is 335 g/mol. The van der Waals surface area contributed by atoms with E-state index in [4.69, 9.17) is 4.74 Å². The van der Waals surface area contributed by atoms with Gasteiger partial charge in [0.15, 0.2) is 5.82 Å². The molecule has 0 aliphatic carbocycles. The molecule has 0 unspecified atom stereocenters. The van der Waals surface area contributed by atoms with Gasteiger partial charge in [0.05, 0.1) is 18.8 Å². The van der Waals surface area contributed by atoms with Crippen LogP contribution >= 0.6 is 0 Å². The number of hydrogen-bond donors (Lipinski definition) is 1. The number of nitrogens with one attached hydrogen (secondary N) is 1. The Hall–Kier alpha value is -3.55. The number of hydrogen-bond acceptors (Lipinski definition) is 6. The fourth-order valence-corrected chi connectivity index (χ4v) is 2.61. The van der Waals surface area contributed by atoms with Crippen LogP contribution in [0.1, 0.15) is 5.56 Å². The smallest absolute Gasteiger partial charge is 0.276 e. The first-order valence-electron chi connectivity index (χ1n) is 7.95. The number of nitrogens with zero attached hydrogens (tertiary/aromatic N) is 5. The molecule has 0 fully saturated rings. The Balaban J connectivity index is 1.67. The summed E-state index contributed by atoms with van der Waals surface area (Å²) in [6, 6.07) is 14.1. The predicted octanol–water partition coefficient (Wildman–Crippen LogP) is 2.97. The lowest BCUT2D eigenvalue weighted by Gasteiger charge is -2.10. The molecule has 0 atom stereocenters. The van der Waals surface area contributed by atoms with E-state index in [2.05, 4.69) is 25.6 Å². The van der Waals surface area contributed by atoms with E-state index in [0.717, 1.165) is 16.5 Å². The zero-order valence-electron chi connectivity index (χ0n) is 13.9. The maximum Gasteiger partial charge on any atom is 0.276 e. The van der Waals surface area contributed by atoms with Crippen LogP contribution in [0.5, 0.6) is 5.88 Å². The SMILES string of the molecule is COc1nnc(-n2ncc3ccccc32)nc1NCc1cccc(F)c1. The van der Waals surface area contributed by atoms with Crippen molar-refractivity contribution in [1.82, 2.24) is 25.0 Å². The number of aromatic nitrogens is 5. The lowest BCUT2D eigenvalue weighted by molar-refractivity contribution is 0.390. The van der Waals surface area contributed by atoms with E-state index in [0.29, 0.717) is 18.3 Å². The van der Waals surface area contributed by atoms with Crippen LogP contribution in [0.15, 0.2) is 54.7 Å². The monoisotopic (exact) mass is 350 g/mol. The third-order valence-corrected chi connectivity index (χ3v) is 3.85. The predicted molar refractivity (Wildman–Crippen MR) is 94.7 cm³/mol. The van der Waals surface area contributed by atoms with Crippen LogP contribution in [-0.2, 0) is 6.54 Å². The van der Waals surface area contributed by atoms with Crippen LogP contribution in [0.2, 0.25) is 0 Å². The van der Waals surface area contributed by atoms with Crippen molar-refractivity contribution < 1.29 is 9.13 Å². The third kappa shape index (κ3) is 3.04. The van der Waals surface area contributed by atoms with Gasteiger partial charge in [-0.2, -0.15) is 14.8 Å². The summed E-state index contributed by atoms with van der Waals surface area (Å²) in [4.78, 5) is 4.47. The van der Waals surface area contributed by atoms with Crippen molar-refractivity contribution in [1.29, 1.82) is 0 Å². The van der Waals surface area contributed by atoms with Crippen molar-refractivity contribution in [3.63, 3.8) is 0 Å². The Bertz CT molecular complexity index is 1060. The topological polar surface area (TPSA) is 77.8 Å². The van der Waals surface area contributed by atoms with E-state index in [1.165, 1.54) is 19.2 Å². The second kappa shape index (κ2) is 6.75. The number of anilines is 1. The van der Waals surface area contributed by atoms with E-state index in [9.17, 15) is 4.39 Å². The van der Waals surface area contributed by atoms with Gasteiger partial charge in [0.2, 0.25) is 0 Å². The largest absolute Gasteiger partial charge is 0.477 e. The minimum absolute atomic E-state index is 0.251. The second-order valence-electron chi connectivity index (χ2n) is 5.57. The van der Waals surface area contributed by atoms with Gasteiger partial charge in [-0.05, 0) is 23.8 Å². The van der Waals surface area contributed by atoms with Crippen molar-refractivity contribution in [3.8, 4) is 11.8 Å². The zero-order chi connectivity index (χ0) is 17.9. The molecule has 130 valence electrons. The fourth-order valence-electron chi connectivity index (χ4n) is 2.61. The van der Waals surface area contributed by atoms with Gasteiger partial charge >= 0.3 is 0 Å². The summed E-state index contributed by atoms with van der Waals surface area (Å²) in [7, 11) is 1.49. The number of ether oxygens (including phenoxy) is 1. The molecule has 0 saturated heterocycles. The molecule has 4 aromatic rings. The summed E-state index contributed by atoms with van der Waals surface area (Å²) in [5.41, 5.74) is 1.65. The summed E-state index contributed by atoms with van der Waals surface area (Å²) < 4.78 is 20.2. The highest BCUT2D eigenvalue weighted by molar-refractivity contribution is 5.79. The van der Waals surface area contributed by atoms with Gasteiger partial charge in [-0.1, -0.05) is 30.3 Å². The molecule has 0 aliphatic heterocycles. The quantitative estimate of drug-likeness (QED) is 0.596. The lowest BCUT2D eigenvalue weighted by atomic mass is 10.2. The van der Waals surface area contributed by atoms with E-state index < -0.39 is 0 Å². The molecule has 0 bridgehead atoms. The molecule has 0 amide bonds. The molecule has 2 aromatic heterocycles. The maximum absolute atomic E-state index is 13.3. The van der Waals surface area contributed by atoms with Crippen LogP contribution in [0.25, 0.3) is 16.9 Å². The van der Waals surface area contributed by atoms with Crippen LogP contribution in [0, 0.1) is 5.82 Å². The zero-order valence-corrected chi connectivity index (χ0v) is 13.9. The Morgan fingerprint density at radius 2 is 2.00 bits per heavy atom. The van der Waals surface area contributed by atoms with Crippen molar-refractivity contribution in [2.75, 3.05) is 12.4 Å². The number of methoxy groups -OCH3 is 1. The Kier molecular flexibility index (Phi) is 4.14. The van der Waals surface area contributed by atoms with Crippen molar-refractivity contribution >= 4 is 16.7 Å². The first kappa shape index (κ1) is 15.9. The van der Waals surface area contributed by atoms with Gasteiger partial charge in [0.1, 0.15) is 5.82 Å². The van der Waals surface area contributed by atoms with Crippen LogP contribution in [-0.4, -0.2) is 32.1 Å². The number of para-hydroxylation sites is 1. The molecule has 2 heterocycles. The van der Waals surface area contributed by atoms with E-state index in [-0.39, 0.29) is 11.7 Å². The molecule has 1 N–H and O–H groups in total. The lowest BCUT2D eigenvalue weighted by Crippen LogP contribution is -2.11. The van der Waals surface area contributed by atoms with E-state index in [1.807, 2.05) is 30.3 Å². The van der Waals surface area contributed by atoms with E-state index in [1.54, 1.807) is 16.9 Å². The second-order valence-corrected chi connectivity index (χ2v) is 5.57. The average Bonchev–Trinajstić information content (AvgIpc) is 3.10. The summed E-state index contributed by atoms with van der Waals surface area (Å²) in [5.74, 6) is 0.678. The normalized spacial score (nSPS) is 10.8. The van der Waals surface area contributed by atoms with Gasteiger partial charge in [-0.3, -0.25) is 0 Å². The highest BCUT2D eigenvalue weighted by Gasteiger charge is 2.13. The van der Waals surface area contributed by atoms with Crippen molar-refractivity contribution in [2.24, 2.45) is 0 Å². The molecule has 26 heavy (non-hydrogen) atoms. The van der Waals surface area contributed by atoms with Gasteiger partial charge < -0.3 is 10.1 Å². The maximum atomic E-state index is 13.3. The summed E-state index contributed by atoms with van der Waals surface area (Å²) >= 11 is 0. The Labute approximate surface area is 148 Å². The number of halogens is 1. The third-order valence-electron chi connectivity index (χ3n) is 3.85. The average molecular weight is 350 g/mol. The Morgan fingerprint density at radius 1 is 1.12 bits per heavy atom. The number of fused-ring (bicyclic) bond motifs is 1. The molecule has 0 aliphatic rings. The molecule has 0 saturated carbocycles. The van der Waals surface area contributed by atoms with E-state index >= 15 is 0 Å². The fraction of sp³-hybridized carbons (Fsp3) is 0.111. The molecule has 0 radical (unpaired) electrons. The molecular formula is C18H15FN6O. The Morgan fingerprint density at radius 3 is 2.85 bits per heavy atom. The van der Waals surface area contributed by atoms with Gasteiger partial charge in [-0.25, -0.2) is 4.39 Å². The summed E-state index contributed by atoms with van der Waals surface area (Å²) in [5, 5.41) is 16.6. The standard InChI is InChI=1S/C18H15FN6O/c1-26-17-16(20-10-12-5-4-7-14(19)9-12)22-18(24-23-17)25-15-8-3-2-6-13(15)11-21-25/h2-9,11H,10H2,1H3,(H,20,22,24). The number of benzene rings is 2. The minimum atomic E-state index is -0.291.